The minimum Gasteiger partial charge on any atom is -0.257 e. The fraction of sp³-hybridized carbons (Fsp3) is 0.0976. The predicted octanol–water partition coefficient (Wildman–Crippen LogP) is 10.1. The lowest BCUT2D eigenvalue weighted by Crippen LogP contribution is -2.03. The summed E-state index contributed by atoms with van der Waals surface area (Å²) in [6.07, 6.45) is 0. The van der Waals surface area contributed by atoms with Crippen molar-refractivity contribution in [1.82, 2.24) is 19.9 Å². The average Bonchev–Trinajstić information content (AvgIpc) is 3.11. The van der Waals surface area contributed by atoms with Crippen LogP contribution in [0.4, 0.5) is 0 Å². The molecule has 0 saturated heterocycles. The van der Waals surface area contributed by atoms with Gasteiger partial charge in [0, 0.05) is 28.1 Å². The van der Waals surface area contributed by atoms with E-state index in [2.05, 4.69) is 98.8 Å². The monoisotopic (exact) mass is 593 g/mol. The van der Waals surface area contributed by atoms with Crippen molar-refractivity contribution in [1.29, 1.82) is 5.26 Å². The second-order valence-corrected chi connectivity index (χ2v) is 11.7. The number of benzene rings is 5. The van der Waals surface area contributed by atoms with Gasteiger partial charge >= 0.3 is 0 Å². The fourth-order valence-corrected chi connectivity index (χ4v) is 5.84. The molecule has 220 valence electrons. The first kappa shape index (κ1) is 28.8. The van der Waals surface area contributed by atoms with Crippen molar-refractivity contribution in [2.75, 3.05) is 0 Å². The zero-order valence-corrected chi connectivity index (χ0v) is 25.9. The Bertz CT molecular complexity index is 2250. The molecule has 0 aliphatic carbocycles. The molecule has 7 rings (SSSR count). The SMILES string of the molecule is Cc1nc(C(C)C)ccc1-c1nc(-c2ccccc2)nc(-c2ccc(-c3ccc(-c4cccc(C#N)c4)c4ccccc34)cc2)n1. The molecular formula is C41H31N5. The predicted molar refractivity (Wildman–Crippen MR) is 186 cm³/mol. The standard InChI is InChI=1S/C41H31N5/c1-26(2)38-23-22-33(27(3)43-38)41-45-39(30-11-5-4-6-12-30)44-40(46-41)31-18-16-29(17-19-31)34-20-21-35(37-15-8-7-14-36(34)37)32-13-9-10-28(24-32)25-42/h4-24,26H,1-3H3. The maximum absolute atomic E-state index is 9.44. The summed E-state index contributed by atoms with van der Waals surface area (Å²) in [6, 6.07) is 45.3. The molecule has 0 spiro atoms. The lowest BCUT2D eigenvalue weighted by molar-refractivity contribution is 0.815. The number of hydrogen-bond donors (Lipinski definition) is 0. The molecule has 0 unspecified atom stereocenters. The highest BCUT2D eigenvalue weighted by molar-refractivity contribution is 6.05. The van der Waals surface area contributed by atoms with Gasteiger partial charge in [-0.1, -0.05) is 117 Å². The van der Waals surface area contributed by atoms with E-state index in [4.69, 9.17) is 19.9 Å². The van der Waals surface area contributed by atoms with E-state index >= 15 is 0 Å². The molecule has 5 aromatic carbocycles. The summed E-state index contributed by atoms with van der Waals surface area (Å²) < 4.78 is 0. The molecule has 0 aliphatic rings. The maximum atomic E-state index is 9.44. The third kappa shape index (κ3) is 5.53. The molecule has 0 atom stereocenters. The summed E-state index contributed by atoms with van der Waals surface area (Å²) >= 11 is 0. The van der Waals surface area contributed by atoms with Crippen LogP contribution in [0.15, 0.2) is 127 Å². The number of aryl methyl sites for hydroxylation is 1. The Labute approximate surface area is 268 Å². The minimum absolute atomic E-state index is 0.336. The smallest absolute Gasteiger partial charge is 0.165 e. The Balaban J connectivity index is 1.30. The number of fused-ring (bicyclic) bond motifs is 1. The zero-order valence-electron chi connectivity index (χ0n) is 25.9. The van der Waals surface area contributed by atoms with Gasteiger partial charge in [0.15, 0.2) is 17.5 Å². The van der Waals surface area contributed by atoms with E-state index in [-0.39, 0.29) is 0 Å². The number of rotatable bonds is 6. The summed E-state index contributed by atoms with van der Waals surface area (Å²) in [5.74, 6) is 2.18. The molecule has 0 bridgehead atoms. The lowest BCUT2D eigenvalue weighted by atomic mass is 9.91. The van der Waals surface area contributed by atoms with E-state index in [1.54, 1.807) is 0 Å². The maximum Gasteiger partial charge on any atom is 0.165 e. The highest BCUT2D eigenvalue weighted by Crippen LogP contribution is 2.37. The van der Waals surface area contributed by atoms with E-state index in [1.807, 2.05) is 55.5 Å². The van der Waals surface area contributed by atoms with Crippen LogP contribution in [-0.4, -0.2) is 19.9 Å². The molecule has 46 heavy (non-hydrogen) atoms. The van der Waals surface area contributed by atoms with Crippen molar-refractivity contribution in [2.45, 2.75) is 26.7 Å². The number of pyridine rings is 1. The Hall–Kier alpha value is -5.99. The molecule has 5 heteroatoms. The van der Waals surface area contributed by atoms with Gasteiger partial charge in [0.2, 0.25) is 0 Å². The normalized spacial score (nSPS) is 11.1. The number of nitrogens with zero attached hydrogens (tertiary/aromatic N) is 5. The van der Waals surface area contributed by atoms with Crippen LogP contribution in [0.3, 0.4) is 0 Å². The second-order valence-electron chi connectivity index (χ2n) is 11.7. The first-order chi connectivity index (χ1) is 22.5. The lowest BCUT2D eigenvalue weighted by Gasteiger charge is -2.13. The summed E-state index contributed by atoms with van der Waals surface area (Å²) in [4.78, 5) is 19.6. The van der Waals surface area contributed by atoms with E-state index < -0.39 is 0 Å². The van der Waals surface area contributed by atoms with Crippen molar-refractivity contribution in [3.63, 3.8) is 0 Å². The molecular weight excluding hydrogens is 562 g/mol. The molecule has 2 aromatic heterocycles. The fourth-order valence-electron chi connectivity index (χ4n) is 5.84. The number of aromatic nitrogens is 4. The van der Waals surface area contributed by atoms with Crippen molar-refractivity contribution in [2.24, 2.45) is 0 Å². The van der Waals surface area contributed by atoms with Gasteiger partial charge in [0.1, 0.15) is 0 Å². The summed E-state index contributed by atoms with van der Waals surface area (Å²) in [6.45, 7) is 6.30. The van der Waals surface area contributed by atoms with Crippen LogP contribution in [0.2, 0.25) is 0 Å². The van der Waals surface area contributed by atoms with Gasteiger partial charge in [-0.2, -0.15) is 5.26 Å². The molecule has 0 radical (unpaired) electrons. The first-order valence-electron chi connectivity index (χ1n) is 15.4. The van der Waals surface area contributed by atoms with Crippen molar-refractivity contribution < 1.29 is 0 Å². The van der Waals surface area contributed by atoms with Gasteiger partial charge in [-0.05, 0) is 70.1 Å². The molecule has 0 saturated carbocycles. The van der Waals surface area contributed by atoms with E-state index in [9.17, 15) is 5.26 Å². The third-order valence-corrected chi connectivity index (χ3v) is 8.29. The van der Waals surface area contributed by atoms with Crippen LogP contribution in [0.5, 0.6) is 0 Å². The zero-order chi connectivity index (χ0) is 31.6. The van der Waals surface area contributed by atoms with Gasteiger partial charge in [0.25, 0.3) is 0 Å². The quantitative estimate of drug-likeness (QED) is 0.192. The van der Waals surface area contributed by atoms with Crippen LogP contribution in [0, 0.1) is 18.3 Å². The van der Waals surface area contributed by atoms with Gasteiger partial charge in [-0.3, -0.25) is 4.98 Å². The summed E-state index contributed by atoms with van der Waals surface area (Å²) in [5, 5.41) is 11.7. The molecule has 2 heterocycles. The second kappa shape index (κ2) is 12.2. The molecule has 0 amide bonds. The van der Waals surface area contributed by atoms with Crippen LogP contribution in [-0.2, 0) is 0 Å². The highest BCUT2D eigenvalue weighted by Gasteiger charge is 2.16. The van der Waals surface area contributed by atoms with Gasteiger partial charge in [0.05, 0.1) is 11.6 Å². The van der Waals surface area contributed by atoms with Crippen LogP contribution in [0.1, 0.15) is 36.7 Å². The average molecular weight is 594 g/mol. The van der Waals surface area contributed by atoms with Crippen LogP contribution in [0.25, 0.3) is 67.2 Å². The molecule has 5 nitrogen and oxygen atoms in total. The molecule has 7 aromatic rings. The summed E-state index contributed by atoms with van der Waals surface area (Å²) in [5.41, 5.74) is 9.69. The Morgan fingerprint density at radius 1 is 0.500 bits per heavy atom. The number of nitriles is 1. The topological polar surface area (TPSA) is 75.3 Å². The van der Waals surface area contributed by atoms with Gasteiger partial charge in [-0.15, -0.1) is 0 Å². The first-order valence-corrected chi connectivity index (χ1v) is 15.4. The van der Waals surface area contributed by atoms with Crippen molar-refractivity contribution in [3.05, 3.63) is 144 Å². The molecule has 0 aliphatic heterocycles. The highest BCUT2D eigenvalue weighted by atomic mass is 15.0. The van der Waals surface area contributed by atoms with Crippen molar-refractivity contribution >= 4 is 10.8 Å². The summed E-state index contributed by atoms with van der Waals surface area (Å²) in [7, 11) is 0. The van der Waals surface area contributed by atoms with E-state index in [0.29, 0.717) is 29.0 Å². The largest absolute Gasteiger partial charge is 0.257 e. The molecule has 0 fully saturated rings. The van der Waals surface area contributed by atoms with Gasteiger partial charge in [-0.25, -0.2) is 15.0 Å². The van der Waals surface area contributed by atoms with E-state index in [1.165, 1.54) is 0 Å². The van der Waals surface area contributed by atoms with Crippen molar-refractivity contribution in [3.8, 4) is 62.5 Å². The number of hydrogen-bond acceptors (Lipinski definition) is 5. The minimum atomic E-state index is 0.336. The van der Waals surface area contributed by atoms with Crippen LogP contribution >= 0.6 is 0 Å². The Morgan fingerprint density at radius 3 is 1.67 bits per heavy atom. The Morgan fingerprint density at radius 2 is 1.04 bits per heavy atom. The third-order valence-electron chi connectivity index (χ3n) is 8.29. The van der Waals surface area contributed by atoms with Crippen LogP contribution < -0.4 is 0 Å². The van der Waals surface area contributed by atoms with Gasteiger partial charge < -0.3 is 0 Å². The molecule has 0 N–H and O–H groups in total. The Kier molecular flexibility index (Phi) is 7.62. The van der Waals surface area contributed by atoms with E-state index in [0.717, 1.165) is 61.1 Å².